The summed E-state index contributed by atoms with van der Waals surface area (Å²) in [7, 11) is -3.51. The van der Waals surface area contributed by atoms with Crippen LogP contribution < -0.4 is 4.72 Å². The van der Waals surface area contributed by atoms with Crippen LogP contribution in [0.4, 0.5) is 5.69 Å². The fourth-order valence-electron chi connectivity index (χ4n) is 2.25. The molecule has 0 amide bonds. The van der Waals surface area contributed by atoms with E-state index in [0.29, 0.717) is 5.69 Å². The largest absolute Gasteiger partial charge is 0.280 e. The van der Waals surface area contributed by atoms with Gasteiger partial charge in [-0.05, 0) is 49.6 Å². The summed E-state index contributed by atoms with van der Waals surface area (Å²) in [4.78, 5) is 0.283. The summed E-state index contributed by atoms with van der Waals surface area (Å²) in [5, 5.41) is 0. The van der Waals surface area contributed by atoms with E-state index in [1.165, 1.54) is 24.8 Å². The molecule has 2 aromatic rings. The Morgan fingerprint density at radius 2 is 1.55 bits per heavy atom. The monoisotopic (exact) mass is 317 g/mol. The third kappa shape index (κ3) is 4.60. The Hall–Kier alpha value is -1.81. The van der Waals surface area contributed by atoms with Gasteiger partial charge in [-0.25, -0.2) is 8.42 Å². The molecule has 3 nitrogen and oxygen atoms in total. The molecule has 0 aliphatic heterocycles. The van der Waals surface area contributed by atoms with E-state index in [9.17, 15) is 8.42 Å². The molecule has 2 rings (SSSR count). The molecule has 22 heavy (non-hydrogen) atoms. The van der Waals surface area contributed by atoms with E-state index in [2.05, 4.69) is 11.6 Å². The highest BCUT2D eigenvalue weighted by molar-refractivity contribution is 7.92. The van der Waals surface area contributed by atoms with Crippen LogP contribution in [-0.2, 0) is 16.4 Å². The van der Waals surface area contributed by atoms with Gasteiger partial charge in [0.15, 0.2) is 0 Å². The Morgan fingerprint density at radius 1 is 0.909 bits per heavy atom. The number of rotatable bonds is 7. The van der Waals surface area contributed by atoms with Crippen LogP contribution in [0.25, 0.3) is 0 Å². The molecule has 0 heterocycles. The Morgan fingerprint density at radius 3 is 2.14 bits per heavy atom. The second kappa shape index (κ2) is 7.45. The summed E-state index contributed by atoms with van der Waals surface area (Å²) in [6, 6.07) is 14.5. The summed E-state index contributed by atoms with van der Waals surface area (Å²) in [5.74, 6) is 0. The lowest BCUT2D eigenvalue weighted by molar-refractivity contribution is 0.601. The Bertz CT molecular complexity index is 689. The highest BCUT2D eigenvalue weighted by Crippen LogP contribution is 2.18. The van der Waals surface area contributed by atoms with Gasteiger partial charge >= 0.3 is 0 Å². The summed E-state index contributed by atoms with van der Waals surface area (Å²) in [6.07, 6.45) is 4.64. The first-order valence-corrected chi connectivity index (χ1v) is 9.18. The first kappa shape index (κ1) is 16.6. The highest BCUT2D eigenvalue weighted by atomic mass is 32.2. The van der Waals surface area contributed by atoms with Crippen LogP contribution in [0.5, 0.6) is 0 Å². The minimum Gasteiger partial charge on any atom is -0.280 e. The number of unbranched alkanes of at least 4 members (excludes halogenated alkanes) is 2. The Balaban J connectivity index is 2.05. The maximum atomic E-state index is 12.3. The van der Waals surface area contributed by atoms with Crippen molar-refractivity contribution in [1.29, 1.82) is 0 Å². The number of anilines is 1. The standard InChI is InChI=1S/C18H23NO2S/c1-3-4-5-6-16-9-11-17(12-10-16)19-22(20,21)18-13-7-15(2)8-14-18/h7-14,19H,3-6H2,1-2H3. The Labute approximate surface area is 133 Å². The molecule has 0 aliphatic carbocycles. The molecule has 1 N–H and O–H groups in total. The molecule has 0 saturated carbocycles. The van der Waals surface area contributed by atoms with E-state index < -0.39 is 10.0 Å². The lowest BCUT2D eigenvalue weighted by atomic mass is 10.1. The molecular weight excluding hydrogens is 294 g/mol. The van der Waals surface area contributed by atoms with E-state index in [-0.39, 0.29) is 4.90 Å². The smallest absolute Gasteiger partial charge is 0.261 e. The molecule has 0 aliphatic rings. The number of aryl methyl sites for hydroxylation is 2. The van der Waals surface area contributed by atoms with Crippen LogP contribution in [0.15, 0.2) is 53.4 Å². The van der Waals surface area contributed by atoms with Crippen molar-refractivity contribution in [3.05, 3.63) is 59.7 Å². The lowest BCUT2D eigenvalue weighted by Crippen LogP contribution is -2.12. The fraction of sp³-hybridized carbons (Fsp3) is 0.333. The average Bonchev–Trinajstić information content (AvgIpc) is 2.49. The summed E-state index contributed by atoms with van der Waals surface area (Å²) in [5.41, 5.74) is 2.88. The third-order valence-electron chi connectivity index (χ3n) is 3.61. The topological polar surface area (TPSA) is 46.2 Å². The van der Waals surface area contributed by atoms with Crippen LogP contribution in [0.2, 0.25) is 0 Å². The van der Waals surface area contributed by atoms with Gasteiger partial charge < -0.3 is 0 Å². The van der Waals surface area contributed by atoms with E-state index in [4.69, 9.17) is 0 Å². The SMILES string of the molecule is CCCCCc1ccc(NS(=O)(=O)c2ccc(C)cc2)cc1. The minimum atomic E-state index is -3.51. The van der Waals surface area contributed by atoms with Crippen LogP contribution in [-0.4, -0.2) is 8.42 Å². The molecule has 0 spiro atoms. The van der Waals surface area contributed by atoms with Crippen LogP contribution in [0, 0.1) is 6.92 Å². The minimum absolute atomic E-state index is 0.283. The lowest BCUT2D eigenvalue weighted by Gasteiger charge is -2.09. The molecule has 118 valence electrons. The zero-order valence-corrected chi connectivity index (χ0v) is 14.0. The number of nitrogens with one attached hydrogen (secondary N) is 1. The van der Waals surface area contributed by atoms with Gasteiger partial charge in [-0.15, -0.1) is 0 Å². The van der Waals surface area contributed by atoms with Crippen molar-refractivity contribution in [2.45, 2.75) is 44.4 Å². The molecule has 4 heteroatoms. The fourth-order valence-corrected chi connectivity index (χ4v) is 3.31. The number of hydrogen-bond acceptors (Lipinski definition) is 2. The Kier molecular flexibility index (Phi) is 5.61. The van der Waals surface area contributed by atoms with Crippen molar-refractivity contribution in [3.63, 3.8) is 0 Å². The van der Waals surface area contributed by atoms with E-state index >= 15 is 0 Å². The summed E-state index contributed by atoms with van der Waals surface area (Å²) >= 11 is 0. The maximum absolute atomic E-state index is 12.3. The second-order valence-corrected chi connectivity index (χ2v) is 7.25. The van der Waals surface area contributed by atoms with Crippen LogP contribution >= 0.6 is 0 Å². The van der Waals surface area contributed by atoms with Gasteiger partial charge in [-0.2, -0.15) is 0 Å². The van der Waals surface area contributed by atoms with Gasteiger partial charge in [-0.3, -0.25) is 4.72 Å². The first-order valence-electron chi connectivity index (χ1n) is 7.69. The van der Waals surface area contributed by atoms with Crippen molar-refractivity contribution >= 4 is 15.7 Å². The maximum Gasteiger partial charge on any atom is 0.261 e. The van der Waals surface area contributed by atoms with Crippen molar-refractivity contribution in [1.82, 2.24) is 0 Å². The van der Waals surface area contributed by atoms with Gasteiger partial charge in [0, 0.05) is 5.69 Å². The zero-order chi connectivity index (χ0) is 16.0. The molecular formula is C18H23NO2S. The highest BCUT2D eigenvalue weighted by Gasteiger charge is 2.13. The van der Waals surface area contributed by atoms with Gasteiger partial charge in [0.25, 0.3) is 10.0 Å². The number of sulfonamides is 1. The number of hydrogen-bond donors (Lipinski definition) is 1. The second-order valence-electron chi connectivity index (χ2n) is 5.57. The molecule has 0 atom stereocenters. The molecule has 0 bridgehead atoms. The van der Waals surface area contributed by atoms with Crippen molar-refractivity contribution in [3.8, 4) is 0 Å². The quantitative estimate of drug-likeness (QED) is 0.763. The predicted molar refractivity (Wildman–Crippen MR) is 91.7 cm³/mol. The van der Waals surface area contributed by atoms with Gasteiger partial charge in [0.2, 0.25) is 0 Å². The number of benzene rings is 2. The molecule has 0 fully saturated rings. The average molecular weight is 317 g/mol. The third-order valence-corrected chi connectivity index (χ3v) is 5.00. The summed E-state index contributed by atoms with van der Waals surface area (Å²) in [6.45, 7) is 4.12. The first-order chi connectivity index (χ1) is 10.5. The van der Waals surface area contributed by atoms with Crippen molar-refractivity contribution in [2.75, 3.05) is 4.72 Å². The van der Waals surface area contributed by atoms with Crippen LogP contribution in [0.3, 0.4) is 0 Å². The van der Waals surface area contributed by atoms with E-state index in [1.807, 2.05) is 31.2 Å². The molecule has 0 saturated heterocycles. The molecule has 0 aromatic heterocycles. The van der Waals surface area contributed by atoms with Gasteiger partial charge in [0.1, 0.15) is 0 Å². The molecule has 0 radical (unpaired) electrons. The van der Waals surface area contributed by atoms with Gasteiger partial charge in [-0.1, -0.05) is 49.6 Å². The van der Waals surface area contributed by atoms with E-state index in [1.54, 1.807) is 24.3 Å². The normalized spacial score (nSPS) is 11.4. The van der Waals surface area contributed by atoms with Gasteiger partial charge in [0.05, 0.1) is 4.90 Å². The van der Waals surface area contributed by atoms with E-state index in [0.717, 1.165) is 12.0 Å². The predicted octanol–water partition coefficient (Wildman–Crippen LogP) is 4.53. The zero-order valence-electron chi connectivity index (χ0n) is 13.2. The summed E-state index contributed by atoms with van der Waals surface area (Å²) < 4.78 is 27.2. The van der Waals surface area contributed by atoms with Crippen molar-refractivity contribution < 1.29 is 8.42 Å². The van der Waals surface area contributed by atoms with Crippen molar-refractivity contribution in [2.24, 2.45) is 0 Å². The molecule has 0 unspecified atom stereocenters. The molecule has 2 aromatic carbocycles. The van der Waals surface area contributed by atoms with Crippen LogP contribution in [0.1, 0.15) is 37.3 Å².